The summed E-state index contributed by atoms with van der Waals surface area (Å²) in [6, 6.07) is 1.31. The van der Waals surface area contributed by atoms with Gasteiger partial charge < -0.3 is 19.9 Å². The molecule has 1 saturated carbocycles. The first-order chi connectivity index (χ1) is 12.8. The van der Waals surface area contributed by atoms with Crippen LogP contribution in [0, 0.1) is 5.82 Å². The second-order valence-electron chi connectivity index (χ2n) is 7.09. The first-order valence-corrected chi connectivity index (χ1v) is 10.2. The molecule has 27 heavy (non-hydrogen) atoms. The van der Waals surface area contributed by atoms with Gasteiger partial charge in [-0.2, -0.15) is 0 Å². The SMILES string of the molecule is O=C(O)c1c2n(C3CC3)c3cc(N4CCNCC4)c(F)c(c3c1=O)S2(=O)=O. The molecule has 4 heterocycles. The van der Waals surface area contributed by atoms with Crippen molar-refractivity contribution in [3.05, 3.63) is 27.7 Å². The van der Waals surface area contributed by atoms with Crippen LogP contribution in [-0.4, -0.2) is 50.2 Å². The summed E-state index contributed by atoms with van der Waals surface area (Å²) >= 11 is 0. The van der Waals surface area contributed by atoms with E-state index in [1.807, 2.05) is 0 Å². The summed E-state index contributed by atoms with van der Waals surface area (Å²) in [5.41, 5.74) is -1.26. The normalized spacial score (nSPS) is 20.6. The van der Waals surface area contributed by atoms with Gasteiger partial charge in [-0.15, -0.1) is 0 Å². The lowest BCUT2D eigenvalue weighted by atomic mass is 10.1. The monoisotopic (exact) mass is 393 g/mol. The molecule has 2 fully saturated rings. The lowest BCUT2D eigenvalue weighted by Gasteiger charge is -2.32. The topological polar surface area (TPSA) is 109 Å². The zero-order valence-electron chi connectivity index (χ0n) is 14.2. The number of aromatic carboxylic acids is 1. The van der Waals surface area contributed by atoms with Gasteiger partial charge in [0, 0.05) is 32.2 Å². The minimum absolute atomic E-state index is 0.144. The molecule has 1 saturated heterocycles. The van der Waals surface area contributed by atoms with Crippen LogP contribution in [0.15, 0.2) is 20.8 Å². The van der Waals surface area contributed by atoms with Crippen molar-refractivity contribution in [2.45, 2.75) is 28.8 Å². The molecular formula is C17H16FN3O5S. The molecule has 0 amide bonds. The van der Waals surface area contributed by atoms with Crippen molar-refractivity contribution < 1.29 is 22.7 Å². The minimum atomic E-state index is -4.43. The van der Waals surface area contributed by atoms with Crippen molar-refractivity contribution in [2.75, 3.05) is 31.1 Å². The van der Waals surface area contributed by atoms with E-state index in [1.165, 1.54) is 10.6 Å². The van der Waals surface area contributed by atoms with Crippen LogP contribution in [-0.2, 0) is 9.84 Å². The van der Waals surface area contributed by atoms with Gasteiger partial charge in [-0.05, 0) is 18.9 Å². The third-order valence-electron chi connectivity index (χ3n) is 5.43. The van der Waals surface area contributed by atoms with E-state index in [4.69, 9.17) is 0 Å². The van der Waals surface area contributed by atoms with Gasteiger partial charge in [0.25, 0.3) is 0 Å². The Balaban J connectivity index is 1.95. The molecule has 2 aromatic rings. The Labute approximate surface area is 153 Å². The molecule has 0 atom stereocenters. The zero-order valence-corrected chi connectivity index (χ0v) is 15.0. The number of pyridine rings is 1. The van der Waals surface area contributed by atoms with Gasteiger partial charge in [0.2, 0.25) is 15.3 Å². The van der Waals surface area contributed by atoms with Gasteiger partial charge in [0.05, 0.1) is 16.6 Å². The quantitative estimate of drug-likeness (QED) is 0.675. The number of sulfone groups is 1. The van der Waals surface area contributed by atoms with Crippen LogP contribution in [0.3, 0.4) is 0 Å². The second kappa shape index (κ2) is 5.29. The van der Waals surface area contributed by atoms with E-state index in [0.29, 0.717) is 44.5 Å². The molecular weight excluding hydrogens is 377 g/mol. The van der Waals surface area contributed by atoms with Crippen molar-refractivity contribution in [2.24, 2.45) is 0 Å². The summed E-state index contributed by atoms with van der Waals surface area (Å²) in [5.74, 6) is -2.58. The Bertz CT molecular complexity index is 1190. The summed E-state index contributed by atoms with van der Waals surface area (Å²) in [6.45, 7) is 2.29. The maximum atomic E-state index is 15.3. The number of nitrogens with one attached hydrogen (secondary N) is 1. The number of hydrogen-bond donors (Lipinski definition) is 2. The van der Waals surface area contributed by atoms with Gasteiger partial charge in [-0.3, -0.25) is 4.79 Å². The Hall–Kier alpha value is -2.46. The molecule has 1 aliphatic carbocycles. The van der Waals surface area contributed by atoms with E-state index < -0.39 is 42.5 Å². The molecule has 3 aliphatic heterocycles. The number of carboxylic acid groups (broad SMARTS) is 1. The average Bonchev–Trinajstić information content (AvgIpc) is 3.45. The number of aromatic nitrogens is 1. The summed E-state index contributed by atoms with van der Waals surface area (Å²) < 4.78 is 43.0. The predicted octanol–water partition coefficient (Wildman–Crippen LogP) is 0.729. The van der Waals surface area contributed by atoms with Crippen LogP contribution in [0.2, 0.25) is 0 Å². The van der Waals surface area contributed by atoms with Crippen molar-refractivity contribution in [1.82, 2.24) is 9.88 Å². The summed E-state index contributed by atoms with van der Waals surface area (Å²) in [5, 5.41) is 11.7. The van der Waals surface area contributed by atoms with Crippen molar-refractivity contribution in [3.8, 4) is 0 Å². The van der Waals surface area contributed by atoms with Crippen LogP contribution < -0.4 is 15.6 Å². The largest absolute Gasteiger partial charge is 0.477 e. The van der Waals surface area contributed by atoms with Crippen molar-refractivity contribution in [1.29, 1.82) is 0 Å². The fourth-order valence-electron chi connectivity index (χ4n) is 4.10. The third kappa shape index (κ3) is 2.08. The van der Waals surface area contributed by atoms with E-state index >= 15 is 4.39 Å². The number of piperazine rings is 1. The Morgan fingerprint density at radius 1 is 1.26 bits per heavy atom. The fourth-order valence-corrected chi connectivity index (χ4v) is 6.06. The van der Waals surface area contributed by atoms with Crippen LogP contribution in [0.4, 0.5) is 10.1 Å². The number of carbonyl (C=O) groups is 1. The molecule has 1 aromatic carbocycles. The first kappa shape index (κ1) is 16.7. The predicted molar refractivity (Wildman–Crippen MR) is 93.9 cm³/mol. The van der Waals surface area contributed by atoms with Gasteiger partial charge >= 0.3 is 5.97 Å². The van der Waals surface area contributed by atoms with E-state index in [-0.39, 0.29) is 17.1 Å². The fraction of sp³-hybridized carbons (Fsp3) is 0.412. The smallest absolute Gasteiger partial charge is 0.342 e. The van der Waals surface area contributed by atoms with E-state index in [2.05, 4.69) is 5.32 Å². The van der Waals surface area contributed by atoms with Crippen LogP contribution in [0.5, 0.6) is 0 Å². The number of fused-ring (bicyclic) bond motifs is 1. The summed E-state index contributed by atoms with van der Waals surface area (Å²) in [7, 11) is -4.43. The lowest BCUT2D eigenvalue weighted by Crippen LogP contribution is -2.44. The maximum Gasteiger partial charge on any atom is 0.342 e. The highest BCUT2D eigenvalue weighted by molar-refractivity contribution is 7.91. The number of halogens is 1. The second-order valence-corrected chi connectivity index (χ2v) is 8.89. The highest BCUT2D eigenvalue weighted by Crippen LogP contribution is 2.47. The van der Waals surface area contributed by atoms with Gasteiger partial charge in [-0.25, -0.2) is 17.6 Å². The number of hydrogen-bond acceptors (Lipinski definition) is 6. The van der Waals surface area contributed by atoms with E-state index in [0.717, 1.165) is 0 Å². The molecule has 4 bridgehead atoms. The molecule has 0 unspecified atom stereocenters. The van der Waals surface area contributed by atoms with Gasteiger partial charge in [0.1, 0.15) is 10.5 Å². The maximum absolute atomic E-state index is 15.3. The molecule has 2 N–H and O–H groups in total. The molecule has 0 spiro atoms. The number of benzene rings is 1. The molecule has 1 aromatic heterocycles. The highest BCUT2D eigenvalue weighted by Gasteiger charge is 2.46. The Kier molecular flexibility index (Phi) is 3.27. The standard InChI is InChI=1S/C17H16FN3O5S/c18-13-10(20-5-3-19-4-6-20)7-9-11-14(22)12(17(23)24)16(21(9)8-1-2-8)27(25,26)15(11)13/h7-8,19H,1-6H2,(H,23,24). The first-order valence-electron chi connectivity index (χ1n) is 8.72. The summed E-state index contributed by atoms with van der Waals surface area (Å²) in [6.07, 6.45) is 1.38. The highest BCUT2D eigenvalue weighted by atomic mass is 32.2. The van der Waals surface area contributed by atoms with Crippen molar-refractivity contribution in [3.63, 3.8) is 0 Å². The number of rotatable bonds is 3. The number of anilines is 1. The van der Waals surface area contributed by atoms with Gasteiger partial charge in [0.15, 0.2) is 10.8 Å². The third-order valence-corrected chi connectivity index (χ3v) is 7.26. The molecule has 8 nitrogen and oxygen atoms in total. The average molecular weight is 393 g/mol. The molecule has 10 heteroatoms. The minimum Gasteiger partial charge on any atom is -0.477 e. The summed E-state index contributed by atoms with van der Waals surface area (Å²) in [4.78, 5) is 25.4. The molecule has 4 aliphatic rings. The Morgan fingerprint density at radius 3 is 2.52 bits per heavy atom. The Morgan fingerprint density at radius 2 is 1.93 bits per heavy atom. The van der Waals surface area contributed by atoms with Crippen LogP contribution in [0.25, 0.3) is 10.9 Å². The van der Waals surface area contributed by atoms with Crippen molar-refractivity contribution >= 4 is 32.4 Å². The lowest BCUT2D eigenvalue weighted by molar-refractivity contribution is 0.0689. The number of carboxylic acids is 1. The van der Waals surface area contributed by atoms with E-state index in [1.54, 1.807) is 4.90 Å². The van der Waals surface area contributed by atoms with E-state index in [9.17, 15) is 23.1 Å². The molecule has 6 rings (SSSR count). The molecule has 0 radical (unpaired) electrons. The van der Waals surface area contributed by atoms with Crippen LogP contribution in [0.1, 0.15) is 29.2 Å². The van der Waals surface area contributed by atoms with Crippen LogP contribution >= 0.6 is 0 Å². The van der Waals surface area contributed by atoms with Gasteiger partial charge in [-0.1, -0.05) is 0 Å². The zero-order chi connectivity index (χ0) is 19.1. The molecule has 142 valence electrons. The number of nitrogens with zero attached hydrogens (tertiary/aromatic N) is 2.